The minimum atomic E-state index is -0.298. The molecule has 0 bridgehead atoms. The zero-order chi connectivity index (χ0) is 26.5. The summed E-state index contributed by atoms with van der Waals surface area (Å²) < 4.78 is 5.81. The lowest BCUT2D eigenvalue weighted by molar-refractivity contribution is 0.0909. The number of nitrogens with zero attached hydrogens (tertiary/aromatic N) is 3. The maximum Gasteiger partial charge on any atom is 0.325 e. The van der Waals surface area contributed by atoms with Gasteiger partial charge in [0, 0.05) is 43.4 Å². The molecule has 0 radical (unpaired) electrons. The molecule has 37 heavy (non-hydrogen) atoms. The number of urea groups is 1. The van der Waals surface area contributed by atoms with Crippen molar-refractivity contribution in [3.8, 4) is 5.75 Å². The van der Waals surface area contributed by atoms with Gasteiger partial charge in [-0.05, 0) is 63.3 Å². The van der Waals surface area contributed by atoms with E-state index in [0.29, 0.717) is 13.1 Å². The van der Waals surface area contributed by atoms with Crippen LogP contribution in [0.4, 0.5) is 4.79 Å². The van der Waals surface area contributed by atoms with Crippen LogP contribution >= 0.6 is 0 Å². The van der Waals surface area contributed by atoms with E-state index < -0.39 is 0 Å². The molecule has 2 saturated heterocycles. The molecule has 3 aliphatic rings. The summed E-state index contributed by atoms with van der Waals surface area (Å²) in [4.78, 5) is 20.7. The maximum atomic E-state index is 14.0. The van der Waals surface area contributed by atoms with E-state index >= 15 is 0 Å². The second-order valence-corrected chi connectivity index (χ2v) is 11.6. The minimum Gasteiger partial charge on any atom is -0.496 e. The molecule has 5 rings (SSSR count). The van der Waals surface area contributed by atoms with Gasteiger partial charge in [0.05, 0.1) is 19.2 Å². The Morgan fingerprint density at radius 1 is 1.05 bits per heavy atom. The Balaban J connectivity index is 1.48. The van der Waals surface area contributed by atoms with Crippen molar-refractivity contribution >= 4 is 6.03 Å². The summed E-state index contributed by atoms with van der Waals surface area (Å²) in [6.07, 6.45) is 4.20. The van der Waals surface area contributed by atoms with Crippen molar-refractivity contribution in [2.75, 3.05) is 26.7 Å². The zero-order valence-corrected chi connectivity index (χ0v) is 23.4. The standard InChI is InChI=1S/C32H41N3O2/c1-21(2)18-35-31(36)34-20-27-15-24(5)16-28(37-7)30(27)25(6)17-29(34)32(35)8-10-33(11-9-32)19-26-13-22(3)12-23(4)14-26/h12-17,25H,1,8-11,18-20H2,2-7H3. The highest BCUT2D eigenvalue weighted by molar-refractivity contribution is 5.83. The number of ether oxygens (including phenoxy) is 1. The number of carbonyl (C=O) groups excluding carboxylic acids is 1. The number of aryl methyl sites for hydroxylation is 3. The van der Waals surface area contributed by atoms with Gasteiger partial charge in [-0.2, -0.15) is 0 Å². The van der Waals surface area contributed by atoms with Crippen LogP contribution in [0, 0.1) is 20.8 Å². The normalized spacial score (nSPS) is 21.0. The molecule has 3 heterocycles. The van der Waals surface area contributed by atoms with Crippen molar-refractivity contribution in [1.29, 1.82) is 0 Å². The van der Waals surface area contributed by atoms with Gasteiger partial charge < -0.3 is 9.64 Å². The van der Waals surface area contributed by atoms with E-state index in [1.165, 1.54) is 33.5 Å². The summed E-state index contributed by atoms with van der Waals surface area (Å²) in [5.41, 5.74) is 9.45. The highest BCUT2D eigenvalue weighted by Crippen LogP contribution is 2.49. The molecule has 1 unspecified atom stereocenters. The summed E-state index contributed by atoms with van der Waals surface area (Å²) in [6, 6.07) is 11.3. The van der Waals surface area contributed by atoms with E-state index in [9.17, 15) is 4.79 Å². The number of allylic oxidation sites excluding steroid dienone is 1. The van der Waals surface area contributed by atoms with Crippen molar-refractivity contribution in [1.82, 2.24) is 14.7 Å². The predicted molar refractivity (Wildman–Crippen MR) is 150 cm³/mol. The molecule has 2 amide bonds. The molecule has 2 fully saturated rings. The van der Waals surface area contributed by atoms with Crippen molar-refractivity contribution < 1.29 is 9.53 Å². The Kier molecular flexibility index (Phi) is 6.70. The third-order valence-corrected chi connectivity index (χ3v) is 8.33. The third-order valence-electron chi connectivity index (χ3n) is 8.33. The van der Waals surface area contributed by atoms with Crippen LogP contribution in [0.2, 0.25) is 0 Å². The van der Waals surface area contributed by atoms with Gasteiger partial charge in [-0.3, -0.25) is 9.80 Å². The number of rotatable bonds is 5. The average Bonchev–Trinajstić information content (AvgIpc) is 2.93. The topological polar surface area (TPSA) is 36.0 Å². The van der Waals surface area contributed by atoms with Gasteiger partial charge in [-0.15, -0.1) is 0 Å². The van der Waals surface area contributed by atoms with Crippen LogP contribution in [-0.4, -0.2) is 53.0 Å². The largest absolute Gasteiger partial charge is 0.496 e. The SMILES string of the molecule is C=C(C)CN1C(=O)N2Cc3cc(C)cc(OC)c3C(C)C=C2C12CCN(Cc1cc(C)cc(C)c1)CC2. The van der Waals surface area contributed by atoms with Crippen molar-refractivity contribution in [3.05, 3.63) is 87.6 Å². The fourth-order valence-electron chi connectivity index (χ4n) is 6.88. The quantitative estimate of drug-likeness (QED) is 0.442. The number of piperidine rings is 1. The fraction of sp³-hybridized carbons (Fsp3) is 0.469. The molecule has 5 heteroatoms. The Labute approximate surface area is 222 Å². The number of benzene rings is 2. The van der Waals surface area contributed by atoms with Gasteiger partial charge in [0.1, 0.15) is 5.75 Å². The number of amides is 2. The lowest BCUT2D eigenvalue weighted by atomic mass is 9.81. The van der Waals surface area contributed by atoms with Crippen molar-refractivity contribution in [3.63, 3.8) is 0 Å². The van der Waals surface area contributed by atoms with E-state index in [1.54, 1.807) is 7.11 Å². The van der Waals surface area contributed by atoms with Gasteiger partial charge in [0.15, 0.2) is 0 Å². The zero-order valence-electron chi connectivity index (χ0n) is 23.4. The van der Waals surface area contributed by atoms with Crippen LogP contribution < -0.4 is 4.74 Å². The second-order valence-electron chi connectivity index (χ2n) is 11.6. The minimum absolute atomic E-state index is 0.109. The van der Waals surface area contributed by atoms with E-state index in [0.717, 1.165) is 49.4 Å². The Morgan fingerprint density at radius 3 is 2.32 bits per heavy atom. The van der Waals surface area contributed by atoms with Crippen molar-refractivity contribution in [2.45, 2.75) is 72.0 Å². The molecule has 2 aromatic carbocycles. The predicted octanol–water partition coefficient (Wildman–Crippen LogP) is 6.47. The van der Waals surface area contributed by atoms with Crippen LogP contribution in [0.5, 0.6) is 5.75 Å². The van der Waals surface area contributed by atoms with E-state index in [1.807, 2.05) is 11.8 Å². The fourth-order valence-corrected chi connectivity index (χ4v) is 6.88. The first-order valence-electron chi connectivity index (χ1n) is 13.5. The van der Waals surface area contributed by atoms with Crippen LogP contribution in [0.3, 0.4) is 0 Å². The molecule has 0 aromatic heterocycles. The van der Waals surface area contributed by atoms with E-state index in [2.05, 4.69) is 80.5 Å². The lowest BCUT2D eigenvalue weighted by Crippen LogP contribution is -2.54. The maximum absolute atomic E-state index is 14.0. The molecule has 2 aromatic rings. The van der Waals surface area contributed by atoms with Gasteiger partial charge in [0.25, 0.3) is 0 Å². The first-order chi connectivity index (χ1) is 17.6. The molecule has 5 nitrogen and oxygen atoms in total. The number of hydrogen-bond donors (Lipinski definition) is 0. The van der Waals surface area contributed by atoms with Gasteiger partial charge in [0.2, 0.25) is 0 Å². The summed E-state index contributed by atoms with van der Waals surface area (Å²) in [5.74, 6) is 1.08. The Bertz CT molecular complexity index is 1250. The highest BCUT2D eigenvalue weighted by Gasteiger charge is 2.55. The van der Waals surface area contributed by atoms with Crippen LogP contribution in [-0.2, 0) is 13.1 Å². The van der Waals surface area contributed by atoms with Crippen LogP contribution in [0.1, 0.15) is 66.0 Å². The number of carbonyl (C=O) groups is 1. The highest BCUT2D eigenvalue weighted by atomic mass is 16.5. The van der Waals surface area contributed by atoms with Crippen molar-refractivity contribution in [2.24, 2.45) is 0 Å². The molecular formula is C32H41N3O2. The average molecular weight is 500 g/mol. The van der Waals surface area contributed by atoms with Gasteiger partial charge in [-0.25, -0.2) is 4.79 Å². The summed E-state index contributed by atoms with van der Waals surface area (Å²) in [7, 11) is 1.74. The molecule has 0 aliphatic carbocycles. The third kappa shape index (κ3) is 4.59. The van der Waals surface area contributed by atoms with Crippen LogP contribution in [0.25, 0.3) is 0 Å². The first-order valence-corrected chi connectivity index (χ1v) is 13.5. The summed E-state index contributed by atoms with van der Waals surface area (Å²) in [5, 5.41) is 0. The number of hydrogen-bond acceptors (Lipinski definition) is 3. The first kappa shape index (κ1) is 25.6. The van der Waals surface area contributed by atoms with E-state index in [4.69, 9.17) is 4.74 Å². The summed E-state index contributed by atoms with van der Waals surface area (Å²) in [6.45, 7) is 18.9. The molecule has 0 N–H and O–H groups in total. The molecule has 3 aliphatic heterocycles. The monoisotopic (exact) mass is 499 g/mol. The molecule has 1 spiro atoms. The second kappa shape index (κ2) is 9.68. The molecule has 0 saturated carbocycles. The Morgan fingerprint density at radius 2 is 1.70 bits per heavy atom. The number of fused-ring (bicyclic) bond motifs is 3. The summed E-state index contributed by atoms with van der Waals surface area (Å²) >= 11 is 0. The van der Waals surface area contributed by atoms with Crippen LogP contribution in [0.15, 0.2) is 54.3 Å². The molecule has 1 atom stereocenters. The van der Waals surface area contributed by atoms with Gasteiger partial charge >= 0.3 is 6.03 Å². The molecular weight excluding hydrogens is 458 g/mol. The Hall–Kier alpha value is -3.05. The smallest absolute Gasteiger partial charge is 0.325 e. The number of likely N-dealkylation sites (tertiary alicyclic amines) is 1. The van der Waals surface area contributed by atoms with Gasteiger partial charge in [-0.1, -0.05) is 60.5 Å². The molecule has 196 valence electrons. The lowest BCUT2D eigenvalue weighted by Gasteiger charge is -2.45. The number of methoxy groups -OCH3 is 1. The van der Waals surface area contributed by atoms with E-state index in [-0.39, 0.29) is 17.5 Å².